The molecule has 0 radical (unpaired) electrons. The minimum Gasteiger partial charge on any atom is -0.313 e. The van der Waals surface area contributed by atoms with E-state index in [2.05, 4.69) is 28.9 Å². The maximum absolute atomic E-state index is 3.57. The van der Waals surface area contributed by atoms with E-state index in [0.717, 1.165) is 6.04 Å². The van der Waals surface area contributed by atoms with Crippen LogP contribution in [0.25, 0.3) is 0 Å². The van der Waals surface area contributed by atoms with Gasteiger partial charge in [0.25, 0.3) is 0 Å². The van der Waals surface area contributed by atoms with Gasteiger partial charge >= 0.3 is 0 Å². The normalized spacial score (nSPS) is 32.8. The van der Waals surface area contributed by atoms with E-state index in [-0.39, 0.29) is 0 Å². The fraction of sp³-hybridized carbons (Fsp3) is 1.00. The molecule has 2 aliphatic heterocycles. The Balaban J connectivity index is 1.87. The second-order valence-electron chi connectivity index (χ2n) is 4.55. The van der Waals surface area contributed by atoms with E-state index in [1.165, 1.54) is 50.4 Å². The van der Waals surface area contributed by atoms with E-state index in [1.807, 2.05) is 0 Å². The molecule has 0 aliphatic carbocycles. The SMILES string of the molecule is CC1CN(C2CCSCC2)CCCN1. The van der Waals surface area contributed by atoms with Crippen molar-refractivity contribution in [2.45, 2.75) is 38.3 Å². The van der Waals surface area contributed by atoms with E-state index in [0.29, 0.717) is 6.04 Å². The van der Waals surface area contributed by atoms with E-state index in [1.54, 1.807) is 0 Å². The Hall–Kier alpha value is 0.270. The van der Waals surface area contributed by atoms with Gasteiger partial charge < -0.3 is 5.32 Å². The maximum Gasteiger partial charge on any atom is 0.0166 e. The molecule has 0 spiro atoms. The maximum atomic E-state index is 3.57. The summed E-state index contributed by atoms with van der Waals surface area (Å²) < 4.78 is 0. The third kappa shape index (κ3) is 2.88. The highest BCUT2D eigenvalue weighted by Crippen LogP contribution is 2.22. The summed E-state index contributed by atoms with van der Waals surface area (Å²) >= 11 is 2.13. The Kier molecular flexibility index (Phi) is 4.14. The molecule has 2 heterocycles. The molecule has 0 bridgehead atoms. The largest absolute Gasteiger partial charge is 0.313 e. The first-order valence-electron chi connectivity index (χ1n) is 5.91. The minimum atomic E-state index is 0.687. The van der Waals surface area contributed by atoms with Gasteiger partial charge in [0.05, 0.1) is 0 Å². The lowest BCUT2D eigenvalue weighted by molar-refractivity contribution is 0.185. The van der Waals surface area contributed by atoms with Crippen LogP contribution in [0.1, 0.15) is 26.2 Å². The molecule has 14 heavy (non-hydrogen) atoms. The number of nitrogens with one attached hydrogen (secondary N) is 1. The van der Waals surface area contributed by atoms with Crippen LogP contribution in [-0.2, 0) is 0 Å². The van der Waals surface area contributed by atoms with Crippen LogP contribution in [0.4, 0.5) is 0 Å². The van der Waals surface area contributed by atoms with Gasteiger partial charge in [-0.2, -0.15) is 11.8 Å². The molecule has 0 amide bonds. The molecule has 0 saturated carbocycles. The van der Waals surface area contributed by atoms with Crippen molar-refractivity contribution in [1.29, 1.82) is 0 Å². The Labute approximate surface area is 91.8 Å². The van der Waals surface area contributed by atoms with E-state index in [9.17, 15) is 0 Å². The fourth-order valence-electron chi connectivity index (χ4n) is 2.52. The van der Waals surface area contributed by atoms with Crippen LogP contribution < -0.4 is 5.32 Å². The summed E-state index contributed by atoms with van der Waals surface area (Å²) in [5.41, 5.74) is 0. The fourth-order valence-corrected chi connectivity index (χ4v) is 3.60. The van der Waals surface area contributed by atoms with Gasteiger partial charge in [0.1, 0.15) is 0 Å². The van der Waals surface area contributed by atoms with Gasteiger partial charge in [-0.1, -0.05) is 0 Å². The van der Waals surface area contributed by atoms with Crippen molar-refractivity contribution in [3.8, 4) is 0 Å². The Morgan fingerprint density at radius 1 is 1.29 bits per heavy atom. The Bertz CT molecular complexity index is 169. The lowest BCUT2D eigenvalue weighted by atomic mass is 10.1. The minimum absolute atomic E-state index is 0.687. The lowest BCUT2D eigenvalue weighted by Gasteiger charge is -2.34. The first-order chi connectivity index (χ1) is 6.86. The third-order valence-electron chi connectivity index (χ3n) is 3.33. The first kappa shape index (κ1) is 10.8. The summed E-state index contributed by atoms with van der Waals surface area (Å²) in [7, 11) is 0. The van der Waals surface area contributed by atoms with Crippen molar-refractivity contribution in [3.63, 3.8) is 0 Å². The summed E-state index contributed by atoms with van der Waals surface area (Å²) in [5.74, 6) is 2.76. The quantitative estimate of drug-likeness (QED) is 0.713. The Morgan fingerprint density at radius 2 is 2.07 bits per heavy atom. The molecule has 0 aromatic rings. The van der Waals surface area contributed by atoms with Crippen molar-refractivity contribution in [2.75, 3.05) is 31.1 Å². The molecule has 1 N–H and O–H groups in total. The van der Waals surface area contributed by atoms with Gasteiger partial charge in [0, 0.05) is 18.6 Å². The van der Waals surface area contributed by atoms with Crippen LogP contribution in [0.2, 0.25) is 0 Å². The van der Waals surface area contributed by atoms with Gasteiger partial charge in [-0.25, -0.2) is 0 Å². The van der Waals surface area contributed by atoms with E-state index >= 15 is 0 Å². The van der Waals surface area contributed by atoms with Crippen LogP contribution in [-0.4, -0.2) is 48.1 Å². The van der Waals surface area contributed by atoms with E-state index < -0.39 is 0 Å². The molecular weight excluding hydrogens is 192 g/mol. The summed E-state index contributed by atoms with van der Waals surface area (Å²) in [4.78, 5) is 2.73. The van der Waals surface area contributed by atoms with Gasteiger partial charge in [-0.3, -0.25) is 4.90 Å². The smallest absolute Gasteiger partial charge is 0.0166 e. The third-order valence-corrected chi connectivity index (χ3v) is 4.38. The van der Waals surface area contributed by atoms with Crippen molar-refractivity contribution in [1.82, 2.24) is 10.2 Å². The monoisotopic (exact) mass is 214 g/mol. The second-order valence-corrected chi connectivity index (χ2v) is 5.77. The summed E-state index contributed by atoms with van der Waals surface area (Å²) in [6.07, 6.45) is 4.16. The molecule has 2 nitrogen and oxygen atoms in total. The predicted octanol–water partition coefficient (Wildman–Crippen LogP) is 1.57. The number of nitrogens with zero attached hydrogens (tertiary/aromatic N) is 1. The summed E-state index contributed by atoms with van der Waals surface area (Å²) in [6.45, 7) is 6.09. The average molecular weight is 214 g/mol. The van der Waals surface area contributed by atoms with E-state index in [4.69, 9.17) is 0 Å². The zero-order valence-corrected chi connectivity index (χ0v) is 9.98. The second kappa shape index (κ2) is 5.38. The highest BCUT2D eigenvalue weighted by atomic mass is 32.2. The van der Waals surface area contributed by atoms with Gasteiger partial charge in [0.2, 0.25) is 0 Å². The molecular formula is C11H22N2S. The summed E-state index contributed by atoms with van der Waals surface area (Å²) in [5, 5.41) is 3.57. The molecule has 82 valence electrons. The number of rotatable bonds is 1. The molecule has 0 aromatic carbocycles. The van der Waals surface area contributed by atoms with Crippen molar-refractivity contribution >= 4 is 11.8 Å². The van der Waals surface area contributed by atoms with Crippen LogP contribution >= 0.6 is 11.8 Å². The summed E-state index contributed by atoms with van der Waals surface area (Å²) in [6, 6.07) is 1.57. The first-order valence-corrected chi connectivity index (χ1v) is 7.07. The molecule has 2 rings (SSSR count). The van der Waals surface area contributed by atoms with Crippen molar-refractivity contribution in [2.24, 2.45) is 0 Å². The predicted molar refractivity (Wildman–Crippen MR) is 64.0 cm³/mol. The molecule has 1 atom stereocenters. The number of thioether (sulfide) groups is 1. The zero-order valence-electron chi connectivity index (χ0n) is 9.17. The van der Waals surface area contributed by atoms with Gasteiger partial charge in [-0.05, 0) is 50.8 Å². The highest BCUT2D eigenvalue weighted by molar-refractivity contribution is 7.99. The van der Waals surface area contributed by atoms with Crippen LogP contribution in [0.5, 0.6) is 0 Å². The molecule has 0 aromatic heterocycles. The topological polar surface area (TPSA) is 15.3 Å². The molecule has 3 heteroatoms. The van der Waals surface area contributed by atoms with Crippen LogP contribution in [0, 0.1) is 0 Å². The molecule has 2 saturated heterocycles. The van der Waals surface area contributed by atoms with Crippen LogP contribution in [0.3, 0.4) is 0 Å². The number of hydrogen-bond donors (Lipinski definition) is 1. The van der Waals surface area contributed by atoms with Gasteiger partial charge in [-0.15, -0.1) is 0 Å². The van der Waals surface area contributed by atoms with Crippen molar-refractivity contribution < 1.29 is 0 Å². The lowest BCUT2D eigenvalue weighted by Crippen LogP contribution is -2.43. The standard InChI is InChI=1S/C11H22N2S/c1-10-9-13(6-2-5-12-10)11-3-7-14-8-4-11/h10-12H,2-9H2,1H3. The highest BCUT2D eigenvalue weighted by Gasteiger charge is 2.23. The Morgan fingerprint density at radius 3 is 2.86 bits per heavy atom. The van der Waals surface area contributed by atoms with Crippen molar-refractivity contribution in [3.05, 3.63) is 0 Å². The average Bonchev–Trinajstić information content (AvgIpc) is 2.44. The van der Waals surface area contributed by atoms with Crippen LogP contribution in [0.15, 0.2) is 0 Å². The van der Waals surface area contributed by atoms with Gasteiger partial charge in [0.15, 0.2) is 0 Å². The zero-order chi connectivity index (χ0) is 9.80. The number of hydrogen-bond acceptors (Lipinski definition) is 3. The molecule has 1 unspecified atom stereocenters. The molecule has 2 fully saturated rings. The molecule has 2 aliphatic rings.